The lowest BCUT2D eigenvalue weighted by Gasteiger charge is -2.07. The van der Waals surface area contributed by atoms with Crippen LogP contribution in [-0.4, -0.2) is 12.7 Å². The van der Waals surface area contributed by atoms with Gasteiger partial charge in [-0.1, -0.05) is 23.7 Å². The van der Waals surface area contributed by atoms with Crippen molar-refractivity contribution in [3.8, 4) is 0 Å². The predicted molar refractivity (Wildman–Crippen MR) is 49.2 cm³/mol. The molecule has 0 amide bonds. The van der Waals surface area contributed by atoms with Crippen LogP contribution in [0.5, 0.6) is 0 Å². The lowest BCUT2D eigenvalue weighted by molar-refractivity contribution is -0.125. The monoisotopic (exact) mass is 223 g/mol. The first-order valence-electron chi connectivity index (χ1n) is 3.99. The van der Waals surface area contributed by atoms with E-state index in [1.165, 1.54) is 0 Å². The molecule has 0 radical (unpaired) electrons. The summed E-state index contributed by atoms with van der Waals surface area (Å²) in [4.78, 5) is 0. The third-order valence-corrected chi connectivity index (χ3v) is 1.82. The molecule has 0 bridgehead atoms. The van der Waals surface area contributed by atoms with Crippen LogP contribution in [0.1, 0.15) is 5.56 Å². The zero-order valence-electron chi connectivity index (χ0n) is 7.24. The highest BCUT2D eigenvalue weighted by Crippen LogP contribution is 2.13. The van der Waals surface area contributed by atoms with Gasteiger partial charge in [-0.15, -0.1) is 0 Å². The van der Waals surface area contributed by atoms with Gasteiger partial charge in [-0.25, -0.2) is 0 Å². The Morgan fingerprint density at radius 2 is 1.71 bits per heavy atom. The van der Waals surface area contributed by atoms with Gasteiger partial charge in [0.25, 0.3) is 0 Å². The van der Waals surface area contributed by atoms with Crippen molar-refractivity contribution in [1.29, 1.82) is 0 Å². The van der Waals surface area contributed by atoms with Gasteiger partial charge in [-0.05, 0) is 17.7 Å². The van der Waals surface area contributed by atoms with Crippen molar-refractivity contribution in [3.63, 3.8) is 0 Å². The van der Waals surface area contributed by atoms with Crippen LogP contribution < -0.4 is 5.32 Å². The molecule has 0 aliphatic rings. The van der Waals surface area contributed by atoms with E-state index in [-0.39, 0.29) is 6.54 Å². The molecule has 0 aromatic heterocycles. The molecular formula is C9H9ClF3N. The van der Waals surface area contributed by atoms with Crippen molar-refractivity contribution < 1.29 is 13.2 Å². The molecule has 1 aromatic rings. The highest BCUT2D eigenvalue weighted by Gasteiger charge is 2.25. The van der Waals surface area contributed by atoms with Crippen LogP contribution in [0.3, 0.4) is 0 Å². The van der Waals surface area contributed by atoms with Crippen molar-refractivity contribution in [2.75, 3.05) is 6.54 Å². The van der Waals surface area contributed by atoms with Crippen molar-refractivity contribution in [2.45, 2.75) is 12.7 Å². The van der Waals surface area contributed by atoms with Crippen molar-refractivity contribution in [3.05, 3.63) is 34.9 Å². The van der Waals surface area contributed by atoms with E-state index in [2.05, 4.69) is 5.32 Å². The number of hydrogen-bond acceptors (Lipinski definition) is 1. The second-order valence-electron chi connectivity index (χ2n) is 2.85. The fraction of sp³-hybridized carbons (Fsp3) is 0.333. The molecule has 0 unspecified atom stereocenters. The van der Waals surface area contributed by atoms with Gasteiger partial charge in [0.2, 0.25) is 0 Å². The largest absolute Gasteiger partial charge is 0.401 e. The summed E-state index contributed by atoms with van der Waals surface area (Å²) < 4.78 is 35.2. The maximum Gasteiger partial charge on any atom is 0.401 e. The maximum absolute atomic E-state index is 11.7. The first kappa shape index (κ1) is 11.3. The fourth-order valence-electron chi connectivity index (χ4n) is 0.951. The first-order valence-corrected chi connectivity index (χ1v) is 4.37. The van der Waals surface area contributed by atoms with Gasteiger partial charge < -0.3 is 5.32 Å². The topological polar surface area (TPSA) is 12.0 Å². The Morgan fingerprint density at radius 3 is 2.21 bits per heavy atom. The van der Waals surface area contributed by atoms with Crippen LogP contribution in [0, 0.1) is 0 Å². The minimum Gasteiger partial charge on any atom is -0.305 e. The Hall–Kier alpha value is -0.740. The summed E-state index contributed by atoms with van der Waals surface area (Å²) >= 11 is 5.62. The Kier molecular flexibility index (Phi) is 3.77. The Balaban J connectivity index is 2.35. The van der Waals surface area contributed by atoms with Gasteiger partial charge in [-0.3, -0.25) is 0 Å². The van der Waals surface area contributed by atoms with Gasteiger partial charge in [0.15, 0.2) is 0 Å². The minimum atomic E-state index is -4.16. The van der Waals surface area contributed by atoms with Crippen molar-refractivity contribution >= 4 is 11.6 Å². The van der Waals surface area contributed by atoms with E-state index in [1.807, 2.05) is 0 Å². The number of nitrogens with one attached hydrogen (secondary N) is 1. The van der Waals surface area contributed by atoms with Gasteiger partial charge in [-0.2, -0.15) is 13.2 Å². The van der Waals surface area contributed by atoms with Crippen LogP contribution >= 0.6 is 11.6 Å². The molecule has 1 nitrogen and oxygen atoms in total. The third kappa shape index (κ3) is 4.48. The van der Waals surface area contributed by atoms with Gasteiger partial charge in [0.05, 0.1) is 6.54 Å². The number of rotatable bonds is 3. The number of halogens is 4. The molecule has 14 heavy (non-hydrogen) atoms. The van der Waals surface area contributed by atoms with Gasteiger partial charge in [0.1, 0.15) is 0 Å². The van der Waals surface area contributed by atoms with Gasteiger partial charge in [0, 0.05) is 11.6 Å². The molecule has 1 N–H and O–H groups in total. The Labute approximate surface area is 84.9 Å². The van der Waals surface area contributed by atoms with Crippen molar-refractivity contribution in [2.24, 2.45) is 0 Å². The molecule has 5 heteroatoms. The SMILES string of the molecule is FC(F)(F)CNCc1ccc(Cl)cc1. The minimum absolute atomic E-state index is 0.191. The smallest absolute Gasteiger partial charge is 0.305 e. The van der Waals surface area contributed by atoms with Crippen LogP contribution in [0.2, 0.25) is 5.02 Å². The Morgan fingerprint density at radius 1 is 1.14 bits per heavy atom. The summed E-state index contributed by atoms with van der Waals surface area (Å²) in [6.07, 6.45) is -4.16. The van der Waals surface area contributed by atoms with Gasteiger partial charge >= 0.3 is 6.18 Å². The number of hydrogen-bond donors (Lipinski definition) is 1. The summed E-state index contributed by atoms with van der Waals surface area (Å²) in [6.45, 7) is -0.785. The van der Waals surface area contributed by atoms with Crippen LogP contribution in [0.4, 0.5) is 13.2 Å². The third-order valence-electron chi connectivity index (χ3n) is 1.57. The number of alkyl halides is 3. The van der Waals surface area contributed by atoms with Crippen LogP contribution in [0.25, 0.3) is 0 Å². The van der Waals surface area contributed by atoms with E-state index >= 15 is 0 Å². The maximum atomic E-state index is 11.7. The predicted octanol–water partition coefficient (Wildman–Crippen LogP) is 2.99. The molecule has 0 heterocycles. The highest BCUT2D eigenvalue weighted by molar-refractivity contribution is 6.30. The molecule has 1 rings (SSSR count). The van der Waals surface area contributed by atoms with E-state index in [9.17, 15) is 13.2 Å². The summed E-state index contributed by atoms with van der Waals surface area (Å²) in [5, 5.41) is 2.87. The molecule has 1 aromatic carbocycles. The van der Waals surface area contributed by atoms with Crippen LogP contribution in [-0.2, 0) is 6.54 Å². The average Bonchev–Trinajstić information content (AvgIpc) is 2.06. The number of benzene rings is 1. The zero-order valence-corrected chi connectivity index (χ0v) is 7.99. The second kappa shape index (κ2) is 4.66. The summed E-state index contributed by atoms with van der Waals surface area (Å²) in [5.41, 5.74) is 0.777. The standard InChI is InChI=1S/C9H9ClF3N/c10-8-3-1-7(2-4-8)5-14-6-9(11,12)13/h1-4,14H,5-6H2. The second-order valence-corrected chi connectivity index (χ2v) is 3.28. The highest BCUT2D eigenvalue weighted by atomic mass is 35.5. The molecule has 0 fully saturated rings. The quantitative estimate of drug-likeness (QED) is 0.831. The lowest BCUT2D eigenvalue weighted by Crippen LogP contribution is -2.28. The normalized spacial score (nSPS) is 11.7. The van der Waals surface area contributed by atoms with E-state index in [1.54, 1.807) is 24.3 Å². The molecule has 0 aliphatic heterocycles. The molecule has 0 spiro atoms. The van der Waals surface area contributed by atoms with E-state index in [4.69, 9.17) is 11.6 Å². The van der Waals surface area contributed by atoms with Crippen LogP contribution in [0.15, 0.2) is 24.3 Å². The summed E-state index contributed by atoms with van der Waals surface area (Å²) in [7, 11) is 0. The molecule has 0 saturated carbocycles. The Bertz CT molecular complexity index is 281. The summed E-state index contributed by atoms with van der Waals surface area (Å²) in [6, 6.07) is 6.66. The average molecular weight is 224 g/mol. The first-order chi connectivity index (χ1) is 6.47. The molecule has 0 saturated heterocycles. The molecule has 0 atom stereocenters. The van der Waals surface area contributed by atoms with E-state index < -0.39 is 12.7 Å². The summed E-state index contributed by atoms with van der Waals surface area (Å²) in [5.74, 6) is 0. The van der Waals surface area contributed by atoms with E-state index in [0.29, 0.717) is 5.02 Å². The lowest BCUT2D eigenvalue weighted by atomic mass is 10.2. The van der Waals surface area contributed by atoms with Crippen molar-refractivity contribution in [1.82, 2.24) is 5.32 Å². The molecule has 0 aliphatic carbocycles. The van der Waals surface area contributed by atoms with E-state index in [0.717, 1.165) is 5.56 Å². The zero-order chi connectivity index (χ0) is 10.6. The fourth-order valence-corrected chi connectivity index (χ4v) is 1.08. The molecular weight excluding hydrogens is 215 g/mol. The molecule has 78 valence electrons.